The Hall–Kier alpha value is -1.36. The Labute approximate surface area is 103 Å². The third kappa shape index (κ3) is 3.56. The van der Waals surface area contributed by atoms with E-state index in [4.69, 9.17) is 0 Å². The number of aryl methyl sites for hydroxylation is 1. The van der Waals surface area contributed by atoms with Crippen molar-refractivity contribution in [1.29, 1.82) is 0 Å². The number of hydrogen-bond acceptors (Lipinski definition) is 3. The third-order valence-electron chi connectivity index (χ3n) is 2.92. The molecule has 1 unspecified atom stereocenters. The molecule has 0 radical (unpaired) electrons. The van der Waals surface area contributed by atoms with Crippen molar-refractivity contribution in [1.82, 2.24) is 19.8 Å². The van der Waals surface area contributed by atoms with Gasteiger partial charge in [0.1, 0.15) is 5.82 Å². The zero-order valence-corrected chi connectivity index (χ0v) is 11.1. The van der Waals surface area contributed by atoms with Crippen LogP contribution in [-0.2, 0) is 11.8 Å². The van der Waals surface area contributed by atoms with Crippen molar-refractivity contribution in [3.8, 4) is 0 Å². The van der Waals surface area contributed by atoms with Gasteiger partial charge in [-0.05, 0) is 20.8 Å². The minimum absolute atomic E-state index is 0.0783. The van der Waals surface area contributed by atoms with Gasteiger partial charge in [0, 0.05) is 32.5 Å². The van der Waals surface area contributed by atoms with E-state index in [9.17, 15) is 4.79 Å². The highest BCUT2D eigenvalue weighted by Gasteiger charge is 2.13. The minimum atomic E-state index is 0.0783. The topological polar surface area (TPSA) is 50.2 Å². The number of amides is 1. The smallest absolute Gasteiger partial charge is 0.236 e. The maximum Gasteiger partial charge on any atom is 0.236 e. The van der Waals surface area contributed by atoms with E-state index in [0.29, 0.717) is 6.54 Å². The quantitative estimate of drug-likeness (QED) is 0.802. The summed E-state index contributed by atoms with van der Waals surface area (Å²) in [6.45, 7) is 7.86. The summed E-state index contributed by atoms with van der Waals surface area (Å²) in [4.78, 5) is 17.9. The summed E-state index contributed by atoms with van der Waals surface area (Å²) in [5.74, 6) is 1.08. The molecule has 0 saturated heterocycles. The number of nitrogens with zero attached hydrogens (tertiary/aromatic N) is 3. The molecule has 5 nitrogen and oxygen atoms in total. The van der Waals surface area contributed by atoms with E-state index in [2.05, 4.69) is 10.3 Å². The van der Waals surface area contributed by atoms with E-state index in [1.165, 1.54) is 0 Å². The van der Waals surface area contributed by atoms with Crippen molar-refractivity contribution in [2.45, 2.75) is 26.8 Å². The molecule has 5 heteroatoms. The number of rotatable bonds is 6. The zero-order chi connectivity index (χ0) is 12.8. The number of hydrogen-bond donors (Lipinski definition) is 1. The van der Waals surface area contributed by atoms with E-state index >= 15 is 0 Å². The first kappa shape index (κ1) is 13.7. The van der Waals surface area contributed by atoms with Gasteiger partial charge < -0.3 is 9.47 Å². The van der Waals surface area contributed by atoms with Crippen LogP contribution in [0, 0.1) is 0 Å². The summed E-state index contributed by atoms with van der Waals surface area (Å²) in [7, 11) is 1.95. The lowest BCUT2D eigenvalue weighted by atomic mass is 10.3. The summed E-state index contributed by atoms with van der Waals surface area (Å²) in [5, 5.41) is 3.20. The molecule has 0 fully saturated rings. The number of aromatic nitrogens is 2. The molecule has 1 atom stereocenters. The van der Waals surface area contributed by atoms with Gasteiger partial charge in [-0.15, -0.1) is 0 Å². The lowest BCUT2D eigenvalue weighted by molar-refractivity contribution is -0.130. The van der Waals surface area contributed by atoms with Crippen molar-refractivity contribution in [3.05, 3.63) is 18.2 Å². The van der Waals surface area contributed by atoms with Crippen LogP contribution in [0.5, 0.6) is 0 Å². The Balaban J connectivity index is 2.46. The standard InChI is InChI=1S/C12H22N4O/c1-5-16(6-2)11(17)9-14-10(3)12-13-7-8-15(12)4/h7-8,10,14H,5-6,9H2,1-4H3. The Morgan fingerprint density at radius 2 is 2.18 bits per heavy atom. The lowest BCUT2D eigenvalue weighted by Crippen LogP contribution is -2.39. The summed E-state index contributed by atoms with van der Waals surface area (Å²) >= 11 is 0. The van der Waals surface area contributed by atoms with E-state index in [1.54, 1.807) is 6.20 Å². The van der Waals surface area contributed by atoms with Crippen LogP contribution in [0.25, 0.3) is 0 Å². The second kappa shape index (κ2) is 6.39. The molecule has 0 aromatic carbocycles. The third-order valence-corrected chi connectivity index (χ3v) is 2.92. The first-order valence-corrected chi connectivity index (χ1v) is 6.08. The molecule has 1 aromatic heterocycles. The molecule has 0 aliphatic rings. The SMILES string of the molecule is CCN(CC)C(=O)CNC(C)c1nccn1C. The first-order chi connectivity index (χ1) is 8.10. The van der Waals surface area contributed by atoms with Gasteiger partial charge in [0.05, 0.1) is 12.6 Å². The van der Waals surface area contributed by atoms with Gasteiger partial charge >= 0.3 is 0 Å². The fourth-order valence-electron chi connectivity index (χ4n) is 1.81. The number of likely N-dealkylation sites (N-methyl/N-ethyl adjacent to an activating group) is 1. The maximum absolute atomic E-state index is 11.8. The fourth-order valence-corrected chi connectivity index (χ4v) is 1.81. The molecule has 0 spiro atoms. The number of imidazole rings is 1. The highest BCUT2D eigenvalue weighted by atomic mass is 16.2. The molecular formula is C12H22N4O. The van der Waals surface area contributed by atoms with E-state index in [-0.39, 0.29) is 11.9 Å². The predicted molar refractivity (Wildman–Crippen MR) is 67.6 cm³/mol. The van der Waals surface area contributed by atoms with Crippen molar-refractivity contribution >= 4 is 5.91 Å². The van der Waals surface area contributed by atoms with Gasteiger partial charge in [0.2, 0.25) is 5.91 Å². The molecule has 1 aromatic rings. The Kier molecular flexibility index (Phi) is 5.15. The zero-order valence-electron chi connectivity index (χ0n) is 11.1. The molecule has 17 heavy (non-hydrogen) atoms. The normalized spacial score (nSPS) is 12.5. The first-order valence-electron chi connectivity index (χ1n) is 6.08. The molecule has 0 aliphatic carbocycles. The van der Waals surface area contributed by atoms with Gasteiger partial charge in [-0.25, -0.2) is 4.98 Å². The molecule has 0 aliphatic heterocycles. The summed E-state index contributed by atoms with van der Waals surface area (Å²) in [6.07, 6.45) is 3.67. The minimum Gasteiger partial charge on any atom is -0.342 e. The predicted octanol–water partition coefficient (Wildman–Crippen LogP) is 0.939. The molecule has 1 N–H and O–H groups in total. The highest BCUT2D eigenvalue weighted by molar-refractivity contribution is 5.78. The molecular weight excluding hydrogens is 216 g/mol. The number of carbonyl (C=O) groups excluding carboxylic acids is 1. The molecule has 1 rings (SSSR count). The van der Waals surface area contributed by atoms with Crippen LogP contribution in [0.1, 0.15) is 32.6 Å². The van der Waals surface area contributed by atoms with Gasteiger partial charge in [-0.2, -0.15) is 0 Å². The molecule has 1 amide bonds. The fraction of sp³-hybridized carbons (Fsp3) is 0.667. The number of nitrogens with one attached hydrogen (secondary N) is 1. The van der Waals surface area contributed by atoms with Gasteiger partial charge in [0.15, 0.2) is 0 Å². The van der Waals surface area contributed by atoms with E-state index in [1.807, 2.05) is 43.5 Å². The molecule has 1 heterocycles. The van der Waals surface area contributed by atoms with Crippen LogP contribution in [-0.4, -0.2) is 40.0 Å². The average molecular weight is 238 g/mol. The van der Waals surface area contributed by atoms with Crippen molar-refractivity contribution in [2.75, 3.05) is 19.6 Å². The second-order valence-electron chi connectivity index (χ2n) is 4.06. The Bertz CT molecular complexity index is 357. The maximum atomic E-state index is 11.8. The number of carbonyl (C=O) groups is 1. The van der Waals surface area contributed by atoms with E-state index < -0.39 is 0 Å². The van der Waals surface area contributed by atoms with E-state index in [0.717, 1.165) is 18.9 Å². The molecule has 0 saturated carbocycles. The summed E-state index contributed by atoms with van der Waals surface area (Å²) < 4.78 is 1.96. The van der Waals surface area contributed by atoms with Crippen LogP contribution in [0.15, 0.2) is 12.4 Å². The second-order valence-corrected chi connectivity index (χ2v) is 4.06. The van der Waals surface area contributed by atoms with Crippen molar-refractivity contribution in [3.63, 3.8) is 0 Å². The van der Waals surface area contributed by atoms with Crippen LogP contribution in [0.3, 0.4) is 0 Å². The van der Waals surface area contributed by atoms with Crippen LogP contribution in [0.2, 0.25) is 0 Å². The van der Waals surface area contributed by atoms with Crippen LogP contribution >= 0.6 is 0 Å². The summed E-state index contributed by atoms with van der Waals surface area (Å²) in [6, 6.07) is 0.0783. The molecule has 0 bridgehead atoms. The van der Waals surface area contributed by atoms with Gasteiger partial charge in [-0.1, -0.05) is 0 Å². The van der Waals surface area contributed by atoms with Gasteiger partial charge in [-0.3, -0.25) is 10.1 Å². The van der Waals surface area contributed by atoms with Gasteiger partial charge in [0.25, 0.3) is 0 Å². The Morgan fingerprint density at radius 3 is 2.65 bits per heavy atom. The largest absolute Gasteiger partial charge is 0.342 e. The molecule has 96 valence electrons. The lowest BCUT2D eigenvalue weighted by Gasteiger charge is -2.20. The Morgan fingerprint density at radius 1 is 1.53 bits per heavy atom. The van der Waals surface area contributed by atoms with Crippen molar-refractivity contribution < 1.29 is 4.79 Å². The average Bonchev–Trinajstić information content (AvgIpc) is 2.74. The monoisotopic (exact) mass is 238 g/mol. The van der Waals surface area contributed by atoms with Crippen molar-refractivity contribution in [2.24, 2.45) is 7.05 Å². The summed E-state index contributed by atoms with van der Waals surface area (Å²) in [5.41, 5.74) is 0. The highest BCUT2D eigenvalue weighted by Crippen LogP contribution is 2.07. The van der Waals surface area contributed by atoms with Crippen LogP contribution < -0.4 is 5.32 Å². The van der Waals surface area contributed by atoms with Crippen LogP contribution in [0.4, 0.5) is 0 Å².